The number of pyridine rings is 1. The summed E-state index contributed by atoms with van der Waals surface area (Å²) in [4.78, 5) is 27.7. The van der Waals surface area contributed by atoms with Crippen molar-refractivity contribution in [2.75, 3.05) is 5.32 Å². The lowest BCUT2D eigenvalue weighted by molar-refractivity contribution is -0.141. The Labute approximate surface area is 170 Å². The molecule has 0 unspecified atom stereocenters. The molecule has 31 heavy (non-hydrogen) atoms. The smallest absolute Gasteiger partial charge is 0.317 e. The Bertz CT molecular complexity index is 1110. The van der Waals surface area contributed by atoms with Crippen molar-refractivity contribution in [3.05, 3.63) is 71.8 Å². The highest BCUT2D eigenvalue weighted by molar-refractivity contribution is 6.08. The minimum atomic E-state index is -4.82. The van der Waals surface area contributed by atoms with E-state index in [2.05, 4.69) is 15.4 Å². The van der Waals surface area contributed by atoms with Crippen LogP contribution >= 0.6 is 0 Å². The predicted octanol–water partition coefficient (Wildman–Crippen LogP) is 4.67. The van der Waals surface area contributed by atoms with E-state index in [4.69, 9.17) is 0 Å². The number of Topliss-reactive ketones (excluding diaryl/α,β-unsaturated/α-hetero) is 1. The van der Waals surface area contributed by atoms with E-state index >= 15 is 0 Å². The lowest BCUT2D eigenvalue weighted by Gasteiger charge is -2.08. The molecule has 0 aliphatic carbocycles. The fraction of sp³-hybridized carbons (Fsp3) is 0.158. The molecule has 12 heteroatoms. The van der Waals surface area contributed by atoms with Gasteiger partial charge in [-0.25, -0.2) is 9.67 Å². The number of carbonyl (C=O) groups excluding carboxylic acids is 2. The summed E-state index contributed by atoms with van der Waals surface area (Å²) < 4.78 is 77.6. The largest absolute Gasteiger partial charge is 0.433 e. The van der Waals surface area contributed by atoms with Gasteiger partial charge in [0, 0.05) is 0 Å². The normalized spacial score (nSPS) is 11.9. The highest BCUT2D eigenvalue weighted by atomic mass is 19.4. The van der Waals surface area contributed by atoms with Gasteiger partial charge in [0.2, 0.25) is 0 Å². The topological polar surface area (TPSA) is 76.9 Å². The third kappa shape index (κ3) is 5.47. The van der Waals surface area contributed by atoms with Crippen LogP contribution in [0.4, 0.5) is 32.0 Å². The van der Waals surface area contributed by atoms with Gasteiger partial charge >= 0.3 is 12.4 Å². The van der Waals surface area contributed by atoms with Crippen LogP contribution < -0.4 is 5.32 Å². The van der Waals surface area contributed by atoms with Crippen molar-refractivity contribution in [3.8, 4) is 5.69 Å². The summed E-state index contributed by atoms with van der Waals surface area (Å²) in [6, 6.07) is 10.6. The van der Waals surface area contributed by atoms with E-state index in [0.717, 1.165) is 23.0 Å². The number of nitrogens with one attached hydrogen (secondary N) is 1. The molecule has 2 aromatic heterocycles. The number of ketones is 1. The molecular formula is C19H12F6N4O2. The van der Waals surface area contributed by atoms with Gasteiger partial charge < -0.3 is 5.32 Å². The maximum Gasteiger partial charge on any atom is 0.433 e. The summed E-state index contributed by atoms with van der Waals surface area (Å²) in [5, 5.41) is 5.94. The number of amides is 1. The molecule has 1 N–H and O–H groups in total. The van der Waals surface area contributed by atoms with Gasteiger partial charge in [-0.1, -0.05) is 24.3 Å². The van der Waals surface area contributed by atoms with E-state index in [0.29, 0.717) is 11.8 Å². The van der Waals surface area contributed by atoms with Crippen molar-refractivity contribution in [1.82, 2.24) is 14.8 Å². The van der Waals surface area contributed by atoms with Gasteiger partial charge in [-0.2, -0.15) is 31.4 Å². The van der Waals surface area contributed by atoms with Crippen molar-refractivity contribution < 1.29 is 35.9 Å². The Morgan fingerprint density at radius 3 is 2.23 bits per heavy atom. The van der Waals surface area contributed by atoms with Gasteiger partial charge in [-0.3, -0.25) is 9.59 Å². The fourth-order valence-electron chi connectivity index (χ4n) is 2.56. The van der Waals surface area contributed by atoms with Gasteiger partial charge in [-0.05, 0) is 24.3 Å². The molecule has 0 aliphatic heterocycles. The van der Waals surface area contributed by atoms with Gasteiger partial charge in [0.05, 0.1) is 17.6 Å². The Kier molecular flexibility index (Phi) is 5.82. The molecule has 0 aliphatic rings. The standard InChI is InChI=1S/C19H12F6N4O2/c20-18(21,22)9-14(30)16-13(10-29(28-16)11-5-2-1-3-6-11)27-17(31)12-7-4-8-15(26-12)19(23,24)25/h1-8,10H,9H2,(H,27,31). The summed E-state index contributed by atoms with van der Waals surface area (Å²) in [5.41, 5.74) is -2.69. The first-order chi connectivity index (χ1) is 14.4. The minimum absolute atomic E-state index is 0.376. The first-order valence-corrected chi connectivity index (χ1v) is 8.55. The van der Waals surface area contributed by atoms with Gasteiger partial charge in [0.15, 0.2) is 11.5 Å². The second kappa shape index (κ2) is 8.20. The van der Waals surface area contributed by atoms with E-state index in [9.17, 15) is 35.9 Å². The van der Waals surface area contributed by atoms with Crippen LogP contribution in [0.15, 0.2) is 54.7 Å². The quantitative estimate of drug-likeness (QED) is 0.460. The van der Waals surface area contributed by atoms with E-state index in [1.165, 1.54) is 0 Å². The first kappa shape index (κ1) is 22.0. The minimum Gasteiger partial charge on any atom is -0.317 e. The zero-order valence-electron chi connectivity index (χ0n) is 15.3. The van der Waals surface area contributed by atoms with Crippen molar-refractivity contribution in [1.29, 1.82) is 0 Å². The Morgan fingerprint density at radius 1 is 0.935 bits per heavy atom. The van der Waals surface area contributed by atoms with Crippen LogP contribution in [0.25, 0.3) is 5.69 Å². The third-order valence-electron chi connectivity index (χ3n) is 3.88. The zero-order chi connectivity index (χ0) is 22.8. The number of hydrogen-bond donors (Lipinski definition) is 1. The maximum absolute atomic E-state index is 12.8. The van der Waals surface area contributed by atoms with Crippen LogP contribution in [-0.2, 0) is 6.18 Å². The second-order valence-electron chi connectivity index (χ2n) is 6.25. The zero-order valence-corrected chi connectivity index (χ0v) is 15.3. The molecule has 3 rings (SSSR count). The van der Waals surface area contributed by atoms with Crippen LogP contribution in [0.3, 0.4) is 0 Å². The number of para-hydroxylation sites is 1. The van der Waals surface area contributed by atoms with E-state index in [1.54, 1.807) is 30.3 Å². The predicted molar refractivity (Wildman–Crippen MR) is 95.8 cm³/mol. The average Bonchev–Trinajstić information content (AvgIpc) is 3.11. The molecule has 6 nitrogen and oxygen atoms in total. The average molecular weight is 442 g/mol. The fourth-order valence-corrected chi connectivity index (χ4v) is 2.56. The summed E-state index contributed by atoms with van der Waals surface area (Å²) >= 11 is 0. The Balaban J connectivity index is 1.96. The van der Waals surface area contributed by atoms with Gasteiger partial charge in [-0.15, -0.1) is 0 Å². The van der Waals surface area contributed by atoms with E-state index in [-0.39, 0.29) is 0 Å². The van der Waals surface area contributed by atoms with Crippen LogP contribution in [-0.4, -0.2) is 32.6 Å². The molecule has 0 bridgehead atoms. The number of anilines is 1. The molecular weight excluding hydrogens is 430 g/mol. The van der Waals surface area contributed by atoms with Crippen molar-refractivity contribution >= 4 is 17.4 Å². The number of rotatable bonds is 5. The number of nitrogens with zero attached hydrogens (tertiary/aromatic N) is 3. The second-order valence-corrected chi connectivity index (χ2v) is 6.25. The molecule has 0 atom stereocenters. The number of aromatic nitrogens is 3. The highest BCUT2D eigenvalue weighted by Gasteiger charge is 2.35. The van der Waals surface area contributed by atoms with Gasteiger partial charge in [0.25, 0.3) is 5.91 Å². The summed E-state index contributed by atoms with van der Waals surface area (Å²) in [5.74, 6) is -2.57. The number of hydrogen-bond acceptors (Lipinski definition) is 4. The van der Waals surface area contributed by atoms with Crippen LogP contribution in [0.1, 0.15) is 33.1 Å². The molecule has 1 aromatic carbocycles. The van der Waals surface area contributed by atoms with Crippen molar-refractivity contribution in [2.24, 2.45) is 0 Å². The van der Waals surface area contributed by atoms with Crippen molar-refractivity contribution in [2.45, 2.75) is 18.8 Å². The molecule has 0 spiro atoms. The highest BCUT2D eigenvalue weighted by Crippen LogP contribution is 2.28. The van der Waals surface area contributed by atoms with Crippen LogP contribution in [0, 0.1) is 0 Å². The monoisotopic (exact) mass is 442 g/mol. The number of alkyl halides is 6. The summed E-state index contributed by atoms with van der Waals surface area (Å²) in [7, 11) is 0. The Hall–Kier alpha value is -3.70. The van der Waals surface area contributed by atoms with Crippen molar-refractivity contribution in [3.63, 3.8) is 0 Å². The lowest BCUT2D eigenvalue weighted by Crippen LogP contribution is -2.20. The Morgan fingerprint density at radius 2 is 1.61 bits per heavy atom. The van der Waals surface area contributed by atoms with Gasteiger partial charge in [0.1, 0.15) is 17.8 Å². The molecule has 0 fully saturated rings. The molecule has 3 aromatic rings. The van der Waals surface area contributed by atoms with E-state index < -0.39 is 53.2 Å². The van der Waals surface area contributed by atoms with Crippen LogP contribution in [0.5, 0.6) is 0 Å². The molecule has 0 saturated heterocycles. The number of benzene rings is 1. The molecule has 0 saturated carbocycles. The lowest BCUT2D eigenvalue weighted by atomic mass is 10.2. The third-order valence-corrected chi connectivity index (χ3v) is 3.88. The SMILES string of the molecule is O=C(Nc1cn(-c2ccccc2)nc1C(=O)CC(F)(F)F)c1cccc(C(F)(F)F)n1. The molecule has 162 valence electrons. The summed E-state index contributed by atoms with van der Waals surface area (Å²) in [6.07, 6.45) is -10.4. The number of halogens is 6. The maximum atomic E-state index is 12.8. The molecule has 0 radical (unpaired) electrons. The van der Waals surface area contributed by atoms with E-state index in [1.807, 2.05) is 0 Å². The van der Waals surface area contributed by atoms with Crippen LogP contribution in [0.2, 0.25) is 0 Å². The molecule has 2 heterocycles. The number of carbonyl (C=O) groups is 2. The molecule has 1 amide bonds. The summed E-state index contributed by atoms with van der Waals surface area (Å²) in [6.45, 7) is 0. The first-order valence-electron chi connectivity index (χ1n) is 8.55.